The number of hydrogen-bond donors (Lipinski definition) is 1. The molecule has 0 unspecified atom stereocenters. The Balaban J connectivity index is 1.94. The summed E-state index contributed by atoms with van der Waals surface area (Å²) in [4.78, 5) is 13.3. The highest BCUT2D eigenvalue weighted by Crippen LogP contribution is 2.30. The molecular formula is C18H25NOS. The van der Waals surface area contributed by atoms with Crippen molar-refractivity contribution in [1.29, 1.82) is 0 Å². The lowest BCUT2D eigenvalue weighted by Gasteiger charge is -2.20. The van der Waals surface area contributed by atoms with Gasteiger partial charge in [0.25, 0.3) is 0 Å². The molecule has 1 aromatic heterocycles. The Bertz CT molecular complexity index is 552. The molecule has 0 fully saturated rings. The topological polar surface area (TPSA) is 29.1 Å². The Labute approximate surface area is 132 Å². The van der Waals surface area contributed by atoms with Crippen LogP contribution in [-0.2, 0) is 11.2 Å². The standard InChI is InChI=1S/C18H25NOS/c1-13-7-4-5-9-17(13)14(2)15(3)19-18(20)11-10-16-8-6-12-21-16/h6,8,12H,4-5,7,9-11H2,1-3H3,(H,19,20)/b15-14+. The SMILES string of the molecule is CC1=C(/C(C)=C(\C)NC(=O)CCc2cccs2)CCCC1. The van der Waals surface area contributed by atoms with Crippen LogP contribution in [0.25, 0.3) is 0 Å². The van der Waals surface area contributed by atoms with Gasteiger partial charge < -0.3 is 5.32 Å². The van der Waals surface area contributed by atoms with Crippen LogP contribution >= 0.6 is 11.3 Å². The van der Waals surface area contributed by atoms with E-state index in [1.807, 2.05) is 13.0 Å². The predicted octanol–water partition coefficient (Wildman–Crippen LogP) is 4.98. The molecule has 1 heterocycles. The molecule has 0 aliphatic heterocycles. The van der Waals surface area contributed by atoms with Gasteiger partial charge in [-0.3, -0.25) is 4.79 Å². The van der Waals surface area contributed by atoms with E-state index in [-0.39, 0.29) is 5.91 Å². The molecule has 0 aromatic carbocycles. The van der Waals surface area contributed by atoms with E-state index in [0.717, 1.165) is 18.5 Å². The fourth-order valence-corrected chi connectivity index (χ4v) is 3.56. The van der Waals surface area contributed by atoms with Gasteiger partial charge in [0.2, 0.25) is 5.91 Å². The van der Waals surface area contributed by atoms with Crippen LogP contribution in [-0.4, -0.2) is 5.91 Å². The zero-order valence-electron chi connectivity index (χ0n) is 13.3. The third kappa shape index (κ3) is 4.57. The molecule has 0 saturated carbocycles. The lowest BCUT2D eigenvalue weighted by molar-refractivity contribution is -0.120. The number of allylic oxidation sites excluding steroid dienone is 4. The zero-order valence-corrected chi connectivity index (χ0v) is 14.1. The Kier molecular flexibility index (Phi) is 5.80. The summed E-state index contributed by atoms with van der Waals surface area (Å²) >= 11 is 1.71. The van der Waals surface area contributed by atoms with E-state index in [4.69, 9.17) is 0 Å². The highest BCUT2D eigenvalue weighted by atomic mass is 32.1. The molecule has 1 aliphatic rings. The summed E-state index contributed by atoms with van der Waals surface area (Å²) in [5.74, 6) is 0.120. The maximum Gasteiger partial charge on any atom is 0.224 e. The number of amides is 1. The summed E-state index contributed by atoms with van der Waals surface area (Å²) in [7, 11) is 0. The van der Waals surface area contributed by atoms with Crippen molar-refractivity contribution in [2.75, 3.05) is 0 Å². The molecule has 1 amide bonds. The summed E-state index contributed by atoms with van der Waals surface area (Å²) in [6, 6.07) is 4.12. The number of hydrogen-bond acceptors (Lipinski definition) is 2. The van der Waals surface area contributed by atoms with Crippen molar-refractivity contribution in [1.82, 2.24) is 5.32 Å². The Morgan fingerprint density at radius 2 is 2.05 bits per heavy atom. The average molecular weight is 303 g/mol. The first kappa shape index (κ1) is 16.0. The van der Waals surface area contributed by atoms with Gasteiger partial charge in [-0.05, 0) is 75.5 Å². The van der Waals surface area contributed by atoms with Crippen LogP contribution in [0.5, 0.6) is 0 Å². The number of nitrogens with one attached hydrogen (secondary N) is 1. The minimum Gasteiger partial charge on any atom is -0.330 e. The van der Waals surface area contributed by atoms with E-state index in [0.29, 0.717) is 6.42 Å². The van der Waals surface area contributed by atoms with Gasteiger partial charge in [0.15, 0.2) is 0 Å². The fourth-order valence-electron chi connectivity index (χ4n) is 2.85. The van der Waals surface area contributed by atoms with Crippen LogP contribution in [0.3, 0.4) is 0 Å². The number of carbonyl (C=O) groups excluding carboxylic acids is 1. The Morgan fingerprint density at radius 1 is 1.29 bits per heavy atom. The molecule has 2 rings (SSSR count). The van der Waals surface area contributed by atoms with Gasteiger partial charge in [0.1, 0.15) is 0 Å². The van der Waals surface area contributed by atoms with Gasteiger partial charge in [-0.2, -0.15) is 0 Å². The van der Waals surface area contributed by atoms with Crippen LogP contribution in [0.2, 0.25) is 0 Å². The van der Waals surface area contributed by atoms with Gasteiger partial charge in [-0.1, -0.05) is 11.6 Å². The monoisotopic (exact) mass is 303 g/mol. The van der Waals surface area contributed by atoms with Crippen LogP contribution in [0.15, 0.2) is 39.9 Å². The van der Waals surface area contributed by atoms with Gasteiger partial charge >= 0.3 is 0 Å². The third-order valence-corrected chi connectivity index (χ3v) is 5.20. The maximum atomic E-state index is 12.1. The second kappa shape index (κ2) is 7.60. The quantitative estimate of drug-likeness (QED) is 0.816. The Hall–Kier alpha value is -1.35. The lowest BCUT2D eigenvalue weighted by atomic mass is 9.88. The molecule has 0 spiro atoms. The van der Waals surface area contributed by atoms with Crippen molar-refractivity contribution in [2.24, 2.45) is 0 Å². The minimum absolute atomic E-state index is 0.120. The smallest absolute Gasteiger partial charge is 0.224 e. The number of thiophene rings is 1. The Morgan fingerprint density at radius 3 is 2.71 bits per heavy atom. The van der Waals surface area contributed by atoms with Gasteiger partial charge in [-0.25, -0.2) is 0 Å². The van der Waals surface area contributed by atoms with Gasteiger partial charge in [-0.15, -0.1) is 11.3 Å². The molecular weight excluding hydrogens is 278 g/mol. The average Bonchev–Trinajstić information content (AvgIpc) is 2.98. The molecule has 114 valence electrons. The van der Waals surface area contributed by atoms with E-state index in [1.165, 1.54) is 40.9 Å². The summed E-state index contributed by atoms with van der Waals surface area (Å²) in [6.45, 7) is 6.39. The van der Waals surface area contributed by atoms with Crippen molar-refractivity contribution in [3.05, 3.63) is 44.8 Å². The van der Waals surface area contributed by atoms with Crippen molar-refractivity contribution >= 4 is 17.2 Å². The van der Waals surface area contributed by atoms with Crippen LogP contribution in [0.1, 0.15) is 57.8 Å². The molecule has 0 saturated heterocycles. The van der Waals surface area contributed by atoms with Crippen molar-refractivity contribution in [3.63, 3.8) is 0 Å². The molecule has 2 nitrogen and oxygen atoms in total. The maximum absolute atomic E-state index is 12.1. The highest BCUT2D eigenvalue weighted by molar-refractivity contribution is 7.09. The van der Waals surface area contributed by atoms with Gasteiger partial charge in [0, 0.05) is 17.0 Å². The summed E-state index contributed by atoms with van der Waals surface area (Å²) in [5.41, 5.74) is 5.22. The van der Waals surface area contributed by atoms with Crippen LogP contribution in [0.4, 0.5) is 0 Å². The second-order valence-electron chi connectivity index (χ2n) is 5.84. The third-order valence-electron chi connectivity index (χ3n) is 4.26. The van der Waals surface area contributed by atoms with Crippen molar-refractivity contribution in [2.45, 2.75) is 59.3 Å². The normalized spacial score (nSPS) is 16.7. The largest absolute Gasteiger partial charge is 0.330 e. The summed E-state index contributed by atoms with van der Waals surface area (Å²) in [6.07, 6.45) is 6.31. The molecule has 21 heavy (non-hydrogen) atoms. The first-order valence-corrected chi connectivity index (χ1v) is 8.64. The molecule has 1 aliphatic carbocycles. The van der Waals surface area contributed by atoms with Crippen LogP contribution in [0, 0.1) is 0 Å². The van der Waals surface area contributed by atoms with E-state index in [2.05, 4.69) is 30.6 Å². The highest BCUT2D eigenvalue weighted by Gasteiger charge is 2.13. The first-order valence-electron chi connectivity index (χ1n) is 7.76. The van der Waals surface area contributed by atoms with E-state index in [9.17, 15) is 4.79 Å². The molecule has 3 heteroatoms. The molecule has 0 bridgehead atoms. The summed E-state index contributed by atoms with van der Waals surface area (Å²) in [5, 5.41) is 5.13. The van der Waals surface area contributed by atoms with E-state index in [1.54, 1.807) is 11.3 Å². The van der Waals surface area contributed by atoms with E-state index >= 15 is 0 Å². The molecule has 1 N–H and O–H groups in total. The van der Waals surface area contributed by atoms with Crippen molar-refractivity contribution in [3.8, 4) is 0 Å². The lowest BCUT2D eigenvalue weighted by Crippen LogP contribution is -2.23. The number of rotatable bonds is 5. The number of aryl methyl sites for hydroxylation is 1. The molecule has 0 atom stereocenters. The molecule has 1 aromatic rings. The first-order chi connectivity index (χ1) is 10.1. The second-order valence-corrected chi connectivity index (χ2v) is 6.88. The molecule has 0 radical (unpaired) electrons. The van der Waals surface area contributed by atoms with E-state index < -0.39 is 0 Å². The fraction of sp³-hybridized carbons (Fsp3) is 0.500. The van der Waals surface area contributed by atoms with Crippen molar-refractivity contribution < 1.29 is 4.79 Å². The zero-order chi connectivity index (χ0) is 15.2. The van der Waals surface area contributed by atoms with Crippen LogP contribution < -0.4 is 5.32 Å². The predicted molar refractivity (Wildman–Crippen MR) is 90.3 cm³/mol. The number of carbonyl (C=O) groups is 1. The summed E-state index contributed by atoms with van der Waals surface area (Å²) < 4.78 is 0. The van der Waals surface area contributed by atoms with Gasteiger partial charge in [0.05, 0.1) is 0 Å². The minimum atomic E-state index is 0.120.